The van der Waals surface area contributed by atoms with Gasteiger partial charge in [0, 0.05) is 12.7 Å². The lowest BCUT2D eigenvalue weighted by Gasteiger charge is -2.09. The molecule has 2 heterocycles. The molecule has 1 aromatic carbocycles. The van der Waals surface area contributed by atoms with Crippen molar-refractivity contribution in [3.63, 3.8) is 0 Å². The Bertz CT molecular complexity index is 762. The van der Waals surface area contributed by atoms with E-state index in [1.807, 2.05) is 47.9 Å². The highest BCUT2D eigenvalue weighted by Crippen LogP contribution is 2.29. The van der Waals surface area contributed by atoms with Gasteiger partial charge in [-0.25, -0.2) is 0 Å². The molecule has 0 atom stereocenters. The summed E-state index contributed by atoms with van der Waals surface area (Å²) in [6.07, 6.45) is 1.94. The van der Waals surface area contributed by atoms with Gasteiger partial charge >= 0.3 is 0 Å². The van der Waals surface area contributed by atoms with Gasteiger partial charge in [-0.1, -0.05) is 18.2 Å². The quantitative estimate of drug-likeness (QED) is 0.792. The molecule has 4 nitrogen and oxygen atoms in total. The molecule has 2 N–H and O–H groups in total. The van der Waals surface area contributed by atoms with Crippen molar-refractivity contribution in [2.75, 3.05) is 0 Å². The molecule has 0 aliphatic heterocycles. The number of hydrogen-bond donors (Lipinski definition) is 1. The molecule has 0 fully saturated rings. The van der Waals surface area contributed by atoms with Gasteiger partial charge in [0.1, 0.15) is 17.1 Å². The van der Waals surface area contributed by atoms with E-state index in [2.05, 4.69) is 18.0 Å². The van der Waals surface area contributed by atoms with Crippen LogP contribution < -0.4 is 10.5 Å². The molecule has 3 aromatic rings. The lowest BCUT2D eigenvalue weighted by molar-refractivity contribution is 0.455. The predicted octanol–water partition coefficient (Wildman–Crippen LogP) is 3.20. The average molecular weight is 267 g/mol. The van der Waals surface area contributed by atoms with Crippen molar-refractivity contribution in [3.05, 3.63) is 59.4 Å². The predicted molar refractivity (Wildman–Crippen MR) is 79.1 cm³/mol. The van der Waals surface area contributed by atoms with E-state index in [1.165, 1.54) is 5.56 Å². The fourth-order valence-electron chi connectivity index (χ4n) is 2.23. The highest BCUT2D eigenvalue weighted by molar-refractivity contribution is 5.48. The Morgan fingerprint density at radius 3 is 2.80 bits per heavy atom. The van der Waals surface area contributed by atoms with Gasteiger partial charge in [0.2, 0.25) is 5.88 Å². The molecule has 0 saturated heterocycles. The average Bonchev–Trinajstić information content (AvgIpc) is 2.81. The Morgan fingerprint density at radius 1 is 1.15 bits per heavy atom. The molecular weight excluding hydrogens is 250 g/mol. The highest BCUT2D eigenvalue weighted by Gasteiger charge is 2.13. The number of imidazole rings is 1. The molecular formula is C16H17N3O. The van der Waals surface area contributed by atoms with Crippen LogP contribution in [0.25, 0.3) is 5.65 Å². The van der Waals surface area contributed by atoms with Crippen molar-refractivity contribution in [1.29, 1.82) is 0 Å². The van der Waals surface area contributed by atoms with Crippen molar-refractivity contribution >= 4 is 5.65 Å². The fraction of sp³-hybridized carbons (Fsp3) is 0.188. The molecule has 4 heteroatoms. The molecule has 0 aliphatic carbocycles. The largest absolute Gasteiger partial charge is 0.437 e. The van der Waals surface area contributed by atoms with Gasteiger partial charge in [-0.05, 0) is 43.2 Å². The van der Waals surface area contributed by atoms with Crippen LogP contribution in [0, 0.1) is 13.8 Å². The lowest BCUT2D eigenvalue weighted by Crippen LogP contribution is -2.02. The number of benzene rings is 1. The third kappa shape index (κ3) is 2.04. The highest BCUT2D eigenvalue weighted by atomic mass is 16.5. The summed E-state index contributed by atoms with van der Waals surface area (Å²) in [4.78, 5) is 4.51. The summed E-state index contributed by atoms with van der Waals surface area (Å²) < 4.78 is 7.94. The minimum absolute atomic E-state index is 0.380. The van der Waals surface area contributed by atoms with E-state index in [-0.39, 0.29) is 0 Å². The van der Waals surface area contributed by atoms with Gasteiger partial charge in [0.15, 0.2) is 0 Å². The Hall–Kier alpha value is -2.33. The molecule has 0 bridgehead atoms. The van der Waals surface area contributed by atoms with E-state index < -0.39 is 0 Å². The molecule has 3 rings (SSSR count). The van der Waals surface area contributed by atoms with E-state index in [1.54, 1.807) is 0 Å². The van der Waals surface area contributed by atoms with Crippen molar-refractivity contribution in [2.24, 2.45) is 5.73 Å². The topological polar surface area (TPSA) is 52.5 Å². The zero-order valence-corrected chi connectivity index (χ0v) is 11.6. The summed E-state index contributed by atoms with van der Waals surface area (Å²) in [6, 6.07) is 11.8. The Kier molecular flexibility index (Phi) is 3.16. The first-order chi connectivity index (χ1) is 9.70. The summed E-state index contributed by atoms with van der Waals surface area (Å²) in [5, 5.41) is 0. The minimum atomic E-state index is 0.380. The number of aryl methyl sites for hydroxylation is 1. The van der Waals surface area contributed by atoms with E-state index in [9.17, 15) is 0 Å². The molecule has 0 unspecified atom stereocenters. The molecule has 2 aromatic heterocycles. The first-order valence-corrected chi connectivity index (χ1v) is 6.61. The van der Waals surface area contributed by atoms with Crippen LogP contribution in [0.5, 0.6) is 11.6 Å². The molecule has 0 radical (unpaired) electrons. The maximum absolute atomic E-state index is 5.99. The van der Waals surface area contributed by atoms with E-state index >= 15 is 0 Å². The van der Waals surface area contributed by atoms with Crippen LogP contribution in [0.15, 0.2) is 42.6 Å². The van der Waals surface area contributed by atoms with Crippen LogP contribution in [0.4, 0.5) is 0 Å². The van der Waals surface area contributed by atoms with Gasteiger partial charge in [-0.15, -0.1) is 0 Å². The minimum Gasteiger partial charge on any atom is -0.437 e. The summed E-state index contributed by atoms with van der Waals surface area (Å²) in [6.45, 7) is 4.49. The number of nitrogens with two attached hydrogens (primary N) is 1. The Labute approximate surface area is 117 Å². The summed E-state index contributed by atoms with van der Waals surface area (Å²) in [5.41, 5.74) is 9.87. The van der Waals surface area contributed by atoms with Crippen LogP contribution >= 0.6 is 0 Å². The fourth-order valence-corrected chi connectivity index (χ4v) is 2.23. The normalized spacial score (nSPS) is 10.9. The van der Waals surface area contributed by atoms with Gasteiger partial charge in [-0.3, -0.25) is 4.40 Å². The van der Waals surface area contributed by atoms with Crippen LogP contribution in [0.2, 0.25) is 0 Å². The molecule has 0 amide bonds. The Morgan fingerprint density at radius 2 is 2.00 bits per heavy atom. The number of ether oxygens (including phenoxy) is 1. The SMILES string of the molecule is Cc1cccc(Oc2nc3ccccn3c2CN)c1C. The van der Waals surface area contributed by atoms with Crippen LogP contribution in [-0.4, -0.2) is 9.38 Å². The number of hydrogen-bond acceptors (Lipinski definition) is 3. The third-order valence-corrected chi connectivity index (χ3v) is 3.55. The second-order valence-electron chi connectivity index (χ2n) is 4.80. The monoisotopic (exact) mass is 267 g/mol. The number of pyridine rings is 1. The summed E-state index contributed by atoms with van der Waals surface area (Å²) in [7, 11) is 0. The molecule has 102 valence electrons. The third-order valence-electron chi connectivity index (χ3n) is 3.55. The second kappa shape index (κ2) is 4.98. The zero-order chi connectivity index (χ0) is 14.1. The smallest absolute Gasteiger partial charge is 0.242 e. The zero-order valence-electron chi connectivity index (χ0n) is 11.6. The van der Waals surface area contributed by atoms with E-state index in [4.69, 9.17) is 10.5 Å². The molecule has 0 aliphatic rings. The van der Waals surface area contributed by atoms with E-state index in [0.717, 1.165) is 22.7 Å². The summed E-state index contributed by atoms with van der Waals surface area (Å²) >= 11 is 0. The molecule has 20 heavy (non-hydrogen) atoms. The van der Waals surface area contributed by atoms with Crippen LogP contribution in [0.3, 0.4) is 0 Å². The maximum atomic E-state index is 5.99. The molecule has 0 spiro atoms. The number of rotatable bonds is 3. The second-order valence-corrected chi connectivity index (χ2v) is 4.80. The number of fused-ring (bicyclic) bond motifs is 1. The van der Waals surface area contributed by atoms with Gasteiger partial charge in [-0.2, -0.15) is 4.98 Å². The Balaban J connectivity index is 2.08. The number of nitrogens with zero attached hydrogens (tertiary/aromatic N) is 2. The summed E-state index contributed by atoms with van der Waals surface area (Å²) in [5.74, 6) is 1.40. The van der Waals surface area contributed by atoms with E-state index in [0.29, 0.717) is 12.4 Å². The van der Waals surface area contributed by atoms with Crippen LogP contribution in [-0.2, 0) is 6.54 Å². The van der Waals surface area contributed by atoms with Gasteiger partial charge in [0.25, 0.3) is 0 Å². The number of aromatic nitrogens is 2. The lowest BCUT2D eigenvalue weighted by atomic mass is 10.1. The molecule has 0 saturated carbocycles. The van der Waals surface area contributed by atoms with Gasteiger partial charge < -0.3 is 10.5 Å². The van der Waals surface area contributed by atoms with Crippen molar-refractivity contribution in [2.45, 2.75) is 20.4 Å². The van der Waals surface area contributed by atoms with Crippen molar-refractivity contribution in [3.8, 4) is 11.6 Å². The standard InChI is InChI=1S/C16H17N3O/c1-11-6-5-7-14(12(11)2)20-16-13(10-17)19-9-4-3-8-15(19)18-16/h3-9H,10,17H2,1-2H3. The van der Waals surface area contributed by atoms with Crippen LogP contribution in [0.1, 0.15) is 16.8 Å². The maximum Gasteiger partial charge on any atom is 0.242 e. The van der Waals surface area contributed by atoms with Crippen molar-refractivity contribution in [1.82, 2.24) is 9.38 Å². The first-order valence-electron chi connectivity index (χ1n) is 6.61. The van der Waals surface area contributed by atoms with Gasteiger partial charge in [0.05, 0.1) is 0 Å². The first kappa shape index (κ1) is 12.7. The van der Waals surface area contributed by atoms with Crippen molar-refractivity contribution < 1.29 is 4.74 Å².